The molecule has 2 aliphatic rings. The van der Waals surface area contributed by atoms with Gasteiger partial charge in [0, 0.05) is 18.8 Å². The molecular formula is C18H28O9. The Morgan fingerprint density at radius 3 is 2.63 bits per heavy atom. The maximum atomic E-state index is 12.0. The number of aliphatic hydroxyl groups excluding tert-OH is 4. The van der Waals surface area contributed by atoms with Crippen LogP contribution in [0.1, 0.15) is 32.6 Å². The third-order valence-corrected chi connectivity index (χ3v) is 5.18. The first-order valence-corrected chi connectivity index (χ1v) is 9.11. The van der Waals surface area contributed by atoms with Crippen LogP contribution in [-0.2, 0) is 19.1 Å². The van der Waals surface area contributed by atoms with Gasteiger partial charge in [0.05, 0.1) is 12.7 Å². The molecule has 154 valence electrons. The predicted octanol–water partition coefficient (Wildman–Crippen LogP) is -0.792. The molecule has 8 atom stereocenters. The molecule has 1 aliphatic heterocycles. The second-order valence-corrected chi connectivity index (χ2v) is 7.17. The van der Waals surface area contributed by atoms with E-state index in [1.807, 2.05) is 0 Å². The average Bonchev–Trinajstić information content (AvgIpc) is 2.95. The van der Waals surface area contributed by atoms with Gasteiger partial charge < -0.3 is 35.0 Å². The molecule has 8 unspecified atom stereocenters. The lowest BCUT2D eigenvalue weighted by atomic mass is 9.89. The van der Waals surface area contributed by atoms with Gasteiger partial charge in [-0.15, -0.1) is 0 Å². The fourth-order valence-corrected chi connectivity index (χ4v) is 3.62. The molecule has 0 aromatic rings. The molecule has 0 spiro atoms. The zero-order valence-electron chi connectivity index (χ0n) is 15.2. The van der Waals surface area contributed by atoms with Crippen LogP contribution >= 0.6 is 0 Å². The Kier molecular flexibility index (Phi) is 7.90. The van der Waals surface area contributed by atoms with Gasteiger partial charge in [-0.2, -0.15) is 0 Å². The van der Waals surface area contributed by atoms with Gasteiger partial charge in [-0.05, 0) is 25.7 Å². The molecule has 0 aromatic carbocycles. The average molecular weight is 388 g/mol. The smallest absolute Gasteiger partial charge is 0.303 e. The van der Waals surface area contributed by atoms with Crippen molar-refractivity contribution in [2.45, 2.75) is 69.4 Å². The van der Waals surface area contributed by atoms with Crippen molar-refractivity contribution in [2.75, 3.05) is 6.61 Å². The van der Waals surface area contributed by atoms with Crippen molar-refractivity contribution in [1.29, 1.82) is 0 Å². The fraction of sp³-hybridized carbons (Fsp3) is 0.778. The van der Waals surface area contributed by atoms with Gasteiger partial charge in [-0.25, -0.2) is 0 Å². The minimum Gasteiger partial charge on any atom is -0.481 e. The van der Waals surface area contributed by atoms with E-state index in [4.69, 9.17) is 14.6 Å². The van der Waals surface area contributed by atoms with Crippen LogP contribution in [0.2, 0.25) is 0 Å². The molecule has 0 radical (unpaired) electrons. The van der Waals surface area contributed by atoms with Crippen LogP contribution in [0, 0.1) is 11.8 Å². The number of carboxylic acid groups (broad SMARTS) is 1. The van der Waals surface area contributed by atoms with E-state index < -0.39 is 49.4 Å². The van der Waals surface area contributed by atoms with Crippen molar-refractivity contribution in [1.82, 2.24) is 0 Å². The topological polar surface area (TPSA) is 154 Å². The Morgan fingerprint density at radius 2 is 2.00 bits per heavy atom. The van der Waals surface area contributed by atoms with Crippen LogP contribution in [-0.4, -0.2) is 80.7 Å². The largest absolute Gasteiger partial charge is 0.481 e. The molecule has 2 rings (SSSR count). The van der Waals surface area contributed by atoms with Crippen molar-refractivity contribution in [3.8, 4) is 0 Å². The number of allylic oxidation sites excluding steroid dienone is 1. The summed E-state index contributed by atoms with van der Waals surface area (Å²) >= 11 is 0. The number of aliphatic carboxylic acids is 1. The molecule has 9 heteroatoms. The highest BCUT2D eigenvalue weighted by molar-refractivity contribution is 5.84. The zero-order chi connectivity index (χ0) is 20.1. The minimum atomic E-state index is -1.51. The van der Waals surface area contributed by atoms with Crippen molar-refractivity contribution >= 4 is 11.8 Å². The zero-order valence-corrected chi connectivity index (χ0v) is 15.2. The maximum Gasteiger partial charge on any atom is 0.303 e. The molecule has 1 aliphatic carbocycles. The third kappa shape index (κ3) is 5.56. The van der Waals surface area contributed by atoms with Crippen LogP contribution in [0.5, 0.6) is 0 Å². The summed E-state index contributed by atoms with van der Waals surface area (Å²) in [5.41, 5.74) is 0. The first-order valence-electron chi connectivity index (χ1n) is 9.11. The summed E-state index contributed by atoms with van der Waals surface area (Å²) in [6.07, 6.45) is -2.50. The van der Waals surface area contributed by atoms with E-state index in [-0.39, 0.29) is 24.0 Å². The molecule has 1 heterocycles. The highest BCUT2D eigenvalue weighted by atomic mass is 16.7. The van der Waals surface area contributed by atoms with Gasteiger partial charge in [0.1, 0.15) is 30.2 Å². The van der Waals surface area contributed by atoms with E-state index in [1.54, 1.807) is 19.1 Å². The number of ether oxygens (including phenoxy) is 2. The Balaban J connectivity index is 1.88. The van der Waals surface area contributed by atoms with E-state index in [1.165, 1.54) is 0 Å². The molecular weight excluding hydrogens is 360 g/mol. The van der Waals surface area contributed by atoms with Gasteiger partial charge in [0.25, 0.3) is 0 Å². The number of carbonyl (C=O) groups excluding carboxylic acids is 1. The first kappa shape index (κ1) is 21.9. The summed E-state index contributed by atoms with van der Waals surface area (Å²) in [5, 5.41) is 47.6. The monoisotopic (exact) mass is 388 g/mol. The Hall–Kier alpha value is -1.36. The summed E-state index contributed by atoms with van der Waals surface area (Å²) in [5.74, 6) is -1.34. The van der Waals surface area contributed by atoms with Crippen molar-refractivity contribution in [3.63, 3.8) is 0 Å². The van der Waals surface area contributed by atoms with Gasteiger partial charge >= 0.3 is 5.97 Å². The molecule has 0 amide bonds. The minimum absolute atomic E-state index is 0.0266. The van der Waals surface area contributed by atoms with Crippen molar-refractivity contribution in [3.05, 3.63) is 12.2 Å². The highest BCUT2D eigenvalue weighted by Gasteiger charge is 2.44. The number of carboxylic acids is 1. The second kappa shape index (κ2) is 9.72. The fourth-order valence-electron chi connectivity index (χ4n) is 3.62. The standard InChI is InChI=1S/C18H28O9/c1-9(26-18-17(25)16(24)15(23)13(8-19)27-18)3-2-4-11-10(7-14(21)22)5-6-12(11)20/h2-3,9-11,13,15-19,23-25H,4-8H2,1H3,(H,21,22)/b3-2+. The number of carbonyl (C=O) groups is 2. The normalized spacial score (nSPS) is 38.4. The number of hydrogen-bond donors (Lipinski definition) is 5. The van der Waals surface area contributed by atoms with E-state index in [0.29, 0.717) is 19.3 Å². The lowest BCUT2D eigenvalue weighted by molar-refractivity contribution is -0.306. The van der Waals surface area contributed by atoms with Gasteiger partial charge in [-0.3, -0.25) is 9.59 Å². The number of ketones is 1. The molecule has 1 saturated carbocycles. The number of Topliss-reactive ketones (excluding diaryl/α,β-unsaturated/α-hetero) is 1. The van der Waals surface area contributed by atoms with Crippen molar-refractivity contribution < 1.29 is 44.6 Å². The molecule has 1 saturated heterocycles. The SMILES string of the molecule is CC(/C=C/CC1C(=O)CCC1CC(=O)O)OC1OC(CO)C(O)C(O)C1O. The summed E-state index contributed by atoms with van der Waals surface area (Å²) < 4.78 is 10.8. The van der Waals surface area contributed by atoms with Gasteiger partial charge in [-0.1, -0.05) is 12.2 Å². The molecule has 5 N–H and O–H groups in total. The van der Waals surface area contributed by atoms with Crippen LogP contribution < -0.4 is 0 Å². The number of hydrogen-bond acceptors (Lipinski definition) is 8. The number of aliphatic hydroxyl groups is 4. The van der Waals surface area contributed by atoms with Crippen LogP contribution in [0.3, 0.4) is 0 Å². The van der Waals surface area contributed by atoms with Gasteiger partial charge in [0.15, 0.2) is 6.29 Å². The highest BCUT2D eigenvalue weighted by Crippen LogP contribution is 2.34. The summed E-state index contributed by atoms with van der Waals surface area (Å²) in [4.78, 5) is 22.9. The molecule has 27 heavy (non-hydrogen) atoms. The van der Waals surface area contributed by atoms with E-state index in [9.17, 15) is 30.0 Å². The summed E-state index contributed by atoms with van der Waals surface area (Å²) in [7, 11) is 0. The molecule has 0 bridgehead atoms. The van der Waals surface area contributed by atoms with Crippen LogP contribution in [0.15, 0.2) is 12.2 Å². The van der Waals surface area contributed by atoms with E-state index in [2.05, 4.69) is 0 Å². The maximum absolute atomic E-state index is 12.0. The lowest BCUT2D eigenvalue weighted by Crippen LogP contribution is -2.59. The summed E-state index contributed by atoms with van der Waals surface area (Å²) in [6.45, 7) is 1.13. The Morgan fingerprint density at radius 1 is 1.30 bits per heavy atom. The van der Waals surface area contributed by atoms with Crippen LogP contribution in [0.4, 0.5) is 0 Å². The van der Waals surface area contributed by atoms with Crippen LogP contribution in [0.25, 0.3) is 0 Å². The lowest BCUT2D eigenvalue weighted by Gasteiger charge is -2.40. The molecule has 9 nitrogen and oxygen atoms in total. The number of rotatable bonds is 8. The second-order valence-electron chi connectivity index (χ2n) is 7.17. The van der Waals surface area contributed by atoms with E-state index in [0.717, 1.165) is 0 Å². The molecule has 2 fully saturated rings. The Bertz CT molecular complexity index is 547. The predicted molar refractivity (Wildman–Crippen MR) is 91.5 cm³/mol. The van der Waals surface area contributed by atoms with Crippen molar-refractivity contribution in [2.24, 2.45) is 11.8 Å². The first-order chi connectivity index (χ1) is 12.7. The third-order valence-electron chi connectivity index (χ3n) is 5.18. The van der Waals surface area contributed by atoms with E-state index >= 15 is 0 Å². The quantitative estimate of drug-likeness (QED) is 0.336. The molecule has 0 aromatic heterocycles. The summed E-state index contributed by atoms with van der Waals surface area (Å²) in [6, 6.07) is 0. The van der Waals surface area contributed by atoms with Gasteiger partial charge in [0.2, 0.25) is 0 Å². The Labute approximate surface area is 157 Å².